The Morgan fingerprint density at radius 2 is 1.42 bits per heavy atom. The molecule has 5 nitrogen and oxygen atoms in total. The van der Waals surface area contributed by atoms with E-state index in [0.717, 1.165) is 12.8 Å². The second kappa shape index (κ2) is 8.61. The van der Waals surface area contributed by atoms with Crippen molar-refractivity contribution >= 4 is 0 Å². The Bertz CT molecular complexity index is 767. The first-order chi connectivity index (χ1) is 14.3. The molecule has 4 atom stereocenters. The predicted octanol–water partition coefficient (Wildman–Crippen LogP) is 4.37. The number of fused-ring (bicyclic) bond motifs is 4. The first-order valence-electron chi connectivity index (χ1n) is 10.2. The quantitative estimate of drug-likeness (QED) is 0.501. The molecule has 3 saturated heterocycles. The van der Waals surface area contributed by atoms with Crippen LogP contribution in [0.1, 0.15) is 44.9 Å². The van der Waals surface area contributed by atoms with Gasteiger partial charge in [0.2, 0.25) is 0 Å². The van der Waals surface area contributed by atoms with Gasteiger partial charge < -0.3 is 5.11 Å². The number of alkyl halides is 6. The van der Waals surface area contributed by atoms with Gasteiger partial charge in [-0.3, -0.25) is 14.6 Å². The molecule has 11 heteroatoms. The minimum Gasteiger partial charge on any atom is -0.324 e. The fourth-order valence-electron chi connectivity index (χ4n) is 5.28. The summed E-state index contributed by atoms with van der Waals surface area (Å²) in [6.07, 6.45) is -3.05. The van der Waals surface area contributed by atoms with E-state index in [4.69, 9.17) is 13.1 Å². The van der Waals surface area contributed by atoms with Crippen LogP contribution in [0.15, 0.2) is 11.8 Å². The molecular weight excluding hydrogens is 426 g/mol. The molecule has 0 aromatic rings. The molecule has 0 radical (unpaired) electrons. The Hall–Kier alpha value is -1.82. The van der Waals surface area contributed by atoms with E-state index in [1.165, 1.54) is 9.80 Å². The summed E-state index contributed by atoms with van der Waals surface area (Å²) in [4.78, 5) is 9.35. The van der Waals surface area contributed by atoms with Gasteiger partial charge in [-0.05, 0) is 32.1 Å². The number of hydrogen-bond donors (Lipinski definition) is 1. The van der Waals surface area contributed by atoms with Crippen molar-refractivity contribution in [1.82, 2.24) is 9.80 Å². The first kappa shape index (κ1) is 23.8. The predicted molar refractivity (Wildman–Crippen MR) is 99.2 cm³/mol. The van der Waals surface area contributed by atoms with E-state index in [-0.39, 0.29) is 37.0 Å². The molecule has 4 unspecified atom stereocenters. The lowest BCUT2D eigenvalue weighted by atomic mass is 9.94. The van der Waals surface area contributed by atoms with Crippen LogP contribution in [0.2, 0.25) is 0 Å². The van der Waals surface area contributed by atoms with Gasteiger partial charge in [-0.1, -0.05) is 6.08 Å². The highest BCUT2D eigenvalue weighted by Gasteiger charge is 2.54. The molecule has 4 aliphatic rings. The van der Waals surface area contributed by atoms with E-state index in [0.29, 0.717) is 25.0 Å². The molecule has 31 heavy (non-hydrogen) atoms. The van der Waals surface area contributed by atoms with Crippen LogP contribution in [0, 0.1) is 13.1 Å². The lowest BCUT2D eigenvalue weighted by Crippen LogP contribution is -2.52. The van der Waals surface area contributed by atoms with Gasteiger partial charge >= 0.3 is 18.1 Å². The lowest BCUT2D eigenvalue weighted by Gasteiger charge is -2.37. The van der Waals surface area contributed by atoms with Gasteiger partial charge in [-0.25, -0.2) is 11.4 Å². The summed E-state index contributed by atoms with van der Waals surface area (Å²) in [6, 6.07) is -0.834. The Morgan fingerprint density at radius 1 is 0.903 bits per heavy atom. The highest BCUT2D eigenvalue weighted by atomic mass is 19.4. The normalized spacial score (nSPS) is 35.6. The van der Waals surface area contributed by atoms with E-state index in [1.807, 2.05) is 0 Å². The molecule has 4 bridgehead atoms. The highest BCUT2D eigenvalue weighted by molar-refractivity contribution is 5.22. The summed E-state index contributed by atoms with van der Waals surface area (Å²) in [5.74, 6) is 0. The monoisotopic (exact) mass is 450 g/mol. The third-order valence-electron chi connectivity index (χ3n) is 6.49. The number of nitrogens with zero attached hydrogens (tertiary/aromatic N) is 4. The number of rotatable bonds is 2. The van der Waals surface area contributed by atoms with E-state index in [1.54, 1.807) is 6.08 Å². The molecule has 0 aromatic carbocycles. The minimum atomic E-state index is -4.20. The van der Waals surface area contributed by atoms with Crippen LogP contribution in [0.4, 0.5) is 26.3 Å². The van der Waals surface area contributed by atoms with Crippen LogP contribution in [-0.4, -0.2) is 70.2 Å². The Kier molecular flexibility index (Phi) is 6.62. The Morgan fingerprint density at radius 3 is 1.87 bits per heavy atom. The van der Waals surface area contributed by atoms with Gasteiger partial charge in [0.25, 0.3) is 0 Å². The summed E-state index contributed by atoms with van der Waals surface area (Å²) < 4.78 is 73.8. The molecule has 0 spiro atoms. The largest absolute Gasteiger partial charge is 0.401 e. The summed E-state index contributed by atoms with van der Waals surface area (Å²) >= 11 is 0. The average Bonchev–Trinajstić information content (AvgIpc) is 3.01. The van der Waals surface area contributed by atoms with Gasteiger partial charge in [0.15, 0.2) is 5.70 Å². The smallest absolute Gasteiger partial charge is 0.324 e. The SMILES string of the molecule is [C-]#[N+]C1(O)CC2CCC(C1)N2CC(F)(F)F.[C-]#[N+]C1=CC2CCC(C1)N2CC(F)(F)F. The van der Waals surface area contributed by atoms with Crippen molar-refractivity contribution in [2.75, 3.05) is 13.1 Å². The van der Waals surface area contributed by atoms with Gasteiger partial charge in [-0.15, -0.1) is 0 Å². The number of hydrogen-bond acceptors (Lipinski definition) is 3. The maximum atomic E-state index is 12.3. The highest BCUT2D eigenvalue weighted by Crippen LogP contribution is 2.42. The van der Waals surface area contributed by atoms with Crippen LogP contribution >= 0.6 is 0 Å². The first-order valence-corrected chi connectivity index (χ1v) is 10.2. The molecule has 0 saturated carbocycles. The zero-order valence-corrected chi connectivity index (χ0v) is 16.8. The van der Waals surface area contributed by atoms with Crippen LogP contribution in [0.3, 0.4) is 0 Å². The molecule has 4 aliphatic heterocycles. The third kappa shape index (κ3) is 5.91. The van der Waals surface area contributed by atoms with Crippen LogP contribution in [-0.2, 0) is 0 Å². The van der Waals surface area contributed by atoms with Crippen molar-refractivity contribution in [1.29, 1.82) is 0 Å². The molecule has 3 fully saturated rings. The maximum Gasteiger partial charge on any atom is 0.401 e. The summed E-state index contributed by atoms with van der Waals surface area (Å²) in [6.45, 7) is 12.0. The molecule has 0 aliphatic carbocycles. The third-order valence-corrected chi connectivity index (χ3v) is 6.49. The fraction of sp³-hybridized carbons (Fsp3) is 0.800. The van der Waals surface area contributed by atoms with E-state index < -0.39 is 31.2 Å². The van der Waals surface area contributed by atoms with Crippen molar-refractivity contribution in [2.45, 2.75) is 87.2 Å². The van der Waals surface area contributed by atoms with E-state index >= 15 is 0 Å². The average molecular weight is 450 g/mol. The molecule has 0 amide bonds. The fourth-order valence-corrected chi connectivity index (χ4v) is 5.28. The van der Waals surface area contributed by atoms with Crippen LogP contribution in [0.25, 0.3) is 9.69 Å². The van der Waals surface area contributed by atoms with E-state index in [9.17, 15) is 31.4 Å². The standard InChI is InChI=1S/C10H13F3N2O.C10H11F3N2/c1-14-9(16)4-7-2-3-8(5-9)15(7)6-10(11,12)13;1-14-7-4-8-2-3-9(5-7)15(8)6-10(11,12)13/h7-8,16H,2-6H2;4,8-9H,2-3,5-6H2. The molecule has 172 valence electrons. The minimum absolute atomic E-state index is 0.0780. The topological polar surface area (TPSA) is 35.4 Å². The zero-order chi connectivity index (χ0) is 23.0. The van der Waals surface area contributed by atoms with Gasteiger partial charge in [0, 0.05) is 24.2 Å². The summed E-state index contributed by atoms with van der Waals surface area (Å²) in [5.41, 5.74) is -0.811. The van der Waals surface area contributed by atoms with Crippen molar-refractivity contribution in [3.05, 3.63) is 34.6 Å². The van der Waals surface area contributed by atoms with Crippen LogP contribution in [0.5, 0.6) is 0 Å². The second-order valence-electron chi connectivity index (χ2n) is 8.73. The van der Waals surface area contributed by atoms with Crippen molar-refractivity contribution < 1.29 is 31.4 Å². The Labute approximate surface area is 176 Å². The number of piperidine rings is 1. The van der Waals surface area contributed by atoms with E-state index in [2.05, 4.69) is 9.69 Å². The molecule has 4 heterocycles. The Balaban J connectivity index is 0.000000176. The van der Waals surface area contributed by atoms with Gasteiger partial charge in [0.05, 0.1) is 32.5 Å². The number of aliphatic hydroxyl groups is 1. The molecule has 1 N–H and O–H groups in total. The van der Waals surface area contributed by atoms with Crippen molar-refractivity contribution in [3.63, 3.8) is 0 Å². The van der Waals surface area contributed by atoms with Crippen LogP contribution < -0.4 is 0 Å². The second-order valence-corrected chi connectivity index (χ2v) is 8.73. The molecule has 4 rings (SSSR count). The molecular formula is C20H24F6N4O. The zero-order valence-electron chi connectivity index (χ0n) is 16.8. The molecule has 0 aromatic heterocycles. The number of halogens is 6. The summed E-state index contributed by atoms with van der Waals surface area (Å²) in [5, 5.41) is 9.81. The van der Waals surface area contributed by atoms with Crippen molar-refractivity contribution in [2.24, 2.45) is 0 Å². The summed E-state index contributed by atoms with van der Waals surface area (Å²) in [7, 11) is 0. The maximum absolute atomic E-state index is 12.3. The van der Waals surface area contributed by atoms with Gasteiger partial charge in [0.1, 0.15) is 0 Å². The lowest BCUT2D eigenvalue weighted by molar-refractivity contribution is -0.162. The van der Waals surface area contributed by atoms with Gasteiger partial charge in [-0.2, -0.15) is 26.3 Å². The van der Waals surface area contributed by atoms with Crippen molar-refractivity contribution in [3.8, 4) is 0 Å².